The third kappa shape index (κ3) is 6.87. The lowest BCUT2D eigenvalue weighted by atomic mass is 10.2. The molecule has 11 nitrogen and oxygen atoms in total. The number of hydrogen-bond acceptors (Lipinski definition) is 9. The van der Waals surface area contributed by atoms with E-state index in [1.54, 1.807) is 12.1 Å². The van der Waals surface area contributed by atoms with E-state index in [1.165, 1.54) is 22.5 Å². The third-order valence-corrected chi connectivity index (χ3v) is 7.51. The lowest BCUT2D eigenvalue weighted by molar-refractivity contribution is -0.143. The Kier molecular flexibility index (Phi) is 8.61. The molecular weight excluding hydrogens is 474 g/mol. The summed E-state index contributed by atoms with van der Waals surface area (Å²) in [6.45, 7) is 0.921. The molecule has 2 fully saturated rings. The van der Waals surface area contributed by atoms with Gasteiger partial charge in [0.1, 0.15) is 0 Å². The Labute approximate surface area is 195 Å². The van der Waals surface area contributed by atoms with E-state index >= 15 is 0 Å². The summed E-state index contributed by atoms with van der Waals surface area (Å²) in [6, 6.07) is 6.03. The minimum absolute atomic E-state index is 0.0571. The largest absolute Gasteiger partial charge is 0.452 e. The maximum atomic E-state index is 12.6. The molecule has 13 heteroatoms. The van der Waals surface area contributed by atoms with Crippen molar-refractivity contribution in [3.8, 4) is 0 Å². The van der Waals surface area contributed by atoms with Crippen LogP contribution in [0.3, 0.4) is 0 Å². The lowest BCUT2D eigenvalue weighted by Crippen LogP contribution is -2.40. The summed E-state index contributed by atoms with van der Waals surface area (Å²) in [5.41, 5.74) is 0.579. The summed E-state index contributed by atoms with van der Waals surface area (Å²) in [5, 5.41) is 2.11. The van der Waals surface area contributed by atoms with Crippen LogP contribution >= 0.6 is 11.8 Å². The van der Waals surface area contributed by atoms with Crippen molar-refractivity contribution in [1.29, 1.82) is 0 Å². The van der Waals surface area contributed by atoms with E-state index in [0.717, 1.165) is 22.7 Å². The second kappa shape index (κ2) is 11.4. The average Bonchev–Trinajstić information content (AvgIpc) is 3.14. The minimum atomic E-state index is -3.60. The molecule has 0 unspecified atom stereocenters. The van der Waals surface area contributed by atoms with Gasteiger partial charge in [-0.05, 0) is 23.8 Å². The number of hydrogen-bond donors (Lipinski definition) is 1. The number of carbonyl (C=O) groups excluding carboxylic acids is 4. The van der Waals surface area contributed by atoms with E-state index in [-0.39, 0.29) is 34.9 Å². The first kappa shape index (κ1) is 24.9. The summed E-state index contributed by atoms with van der Waals surface area (Å²) < 4.78 is 36.6. The second-order valence-electron chi connectivity index (χ2n) is 6.98. The number of nitrogens with zero attached hydrogens (tertiary/aromatic N) is 2. The summed E-state index contributed by atoms with van der Waals surface area (Å²) in [4.78, 5) is 47.7. The minimum Gasteiger partial charge on any atom is -0.452 e. The predicted octanol–water partition coefficient (Wildman–Crippen LogP) is 0.0755. The Balaban J connectivity index is 1.41. The first-order valence-corrected chi connectivity index (χ1v) is 12.5. The number of benzene rings is 1. The van der Waals surface area contributed by atoms with Gasteiger partial charge in [-0.25, -0.2) is 13.2 Å². The first-order chi connectivity index (χ1) is 15.8. The smallest absolute Gasteiger partial charge is 0.331 e. The van der Waals surface area contributed by atoms with Crippen LogP contribution in [0.1, 0.15) is 5.56 Å². The molecule has 1 N–H and O–H groups in total. The molecule has 2 saturated heterocycles. The lowest BCUT2D eigenvalue weighted by Gasteiger charge is -2.26. The van der Waals surface area contributed by atoms with Gasteiger partial charge in [0.15, 0.2) is 6.61 Å². The van der Waals surface area contributed by atoms with Crippen molar-refractivity contribution in [3.05, 3.63) is 35.9 Å². The number of nitrogens with one attached hydrogen (secondary N) is 1. The van der Waals surface area contributed by atoms with Crippen molar-refractivity contribution in [3.63, 3.8) is 0 Å². The van der Waals surface area contributed by atoms with E-state index in [1.807, 2.05) is 0 Å². The van der Waals surface area contributed by atoms with Gasteiger partial charge in [0.25, 0.3) is 11.1 Å². The van der Waals surface area contributed by atoms with Crippen molar-refractivity contribution in [2.75, 3.05) is 51.8 Å². The Bertz CT molecular complexity index is 1020. The summed E-state index contributed by atoms with van der Waals surface area (Å²) in [6.07, 6.45) is 2.56. The zero-order valence-electron chi connectivity index (χ0n) is 17.6. The van der Waals surface area contributed by atoms with Gasteiger partial charge in [-0.2, -0.15) is 4.31 Å². The van der Waals surface area contributed by atoms with Crippen LogP contribution in [-0.4, -0.2) is 92.4 Å². The standard InChI is InChI=1S/C20H23N3O8S2/c24-17(21-7-8-23-18(25)14-32-20(23)27)13-31-19(26)6-3-15-1-4-16(5-2-15)33(28,29)22-9-11-30-12-10-22/h1-6H,7-14H2,(H,21,24)/b6-3+. The Morgan fingerprint density at radius 2 is 1.85 bits per heavy atom. The molecular formula is C20H23N3O8S2. The number of carbonyl (C=O) groups is 4. The van der Waals surface area contributed by atoms with Crippen LogP contribution in [0, 0.1) is 0 Å². The van der Waals surface area contributed by atoms with Crippen molar-refractivity contribution in [2.45, 2.75) is 4.90 Å². The molecule has 0 radical (unpaired) electrons. The average molecular weight is 498 g/mol. The van der Waals surface area contributed by atoms with Gasteiger partial charge in [0.05, 0.1) is 23.9 Å². The van der Waals surface area contributed by atoms with Crippen LogP contribution in [0.5, 0.6) is 0 Å². The van der Waals surface area contributed by atoms with Crippen molar-refractivity contribution < 1.29 is 37.1 Å². The Hall–Kier alpha value is -2.74. The van der Waals surface area contributed by atoms with Gasteiger partial charge in [-0.1, -0.05) is 23.9 Å². The van der Waals surface area contributed by atoms with Crippen molar-refractivity contribution in [1.82, 2.24) is 14.5 Å². The molecule has 0 bridgehead atoms. The quantitative estimate of drug-likeness (QED) is 0.371. The number of rotatable bonds is 9. The van der Waals surface area contributed by atoms with Crippen molar-refractivity contribution >= 4 is 50.9 Å². The van der Waals surface area contributed by atoms with Gasteiger partial charge >= 0.3 is 5.97 Å². The fourth-order valence-electron chi connectivity index (χ4n) is 2.99. The molecule has 1 aromatic rings. The molecule has 3 amide bonds. The highest BCUT2D eigenvalue weighted by Crippen LogP contribution is 2.19. The van der Waals surface area contributed by atoms with Gasteiger partial charge in [0.2, 0.25) is 15.9 Å². The molecule has 1 aromatic carbocycles. The Morgan fingerprint density at radius 3 is 2.48 bits per heavy atom. The van der Waals surface area contributed by atoms with E-state index < -0.39 is 28.5 Å². The number of esters is 1. The van der Waals surface area contributed by atoms with Crippen molar-refractivity contribution in [2.24, 2.45) is 0 Å². The van der Waals surface area contributed by atoms with Gasteiger partial charge in [0, 0.05) is 32.3 Å². The molecule has 3 rings (SSSR count). The van der Waals surface area contributed by atoms with Crippen LogP contribution in [0.2, 0.25) is 0 Å². The number of ether oxygens (including phenoxy) is 2. The van der Waals surface area contributed by atoms with E-state index in [4.69, 9.17) is 9.47 Å². The topological polar surface area (TPSA) is 139 Å². The van der Waals surface area contributed by atoms with Crippen LogP contribution in [0.15, 0.2) is 35.2 Å². The maximum absolute atomic E-state index is 12.6. The van der Waals surface area contributed by atoms with Gasteiger partial charge in [-0.15, -0.1) is 0 Å². The molecule has 2 aliphatic rings. The highest BCUT2D eigenvalue weighted by Gasteiger charge is 2.29. The van der Waals surface area contributed by atoms with Crippen LogP contribution < -0.4 is 5.32 Å². The molecule has 0 spiro atoms. The zero-order chi connectivity index (χ0) is 23.8. The van der Waals surface area contributed by atoms with Crippen LogP contribution in [-0.2, 0) is 33.9 Å². The molecule has 0 aromatic heterocycles. The molecule has 0 saturated carbocycles. The highest BCUT2D eigenvalue weighted by atomic mass is 32.2. The van der Waals surface area contributed by atoms with Gasteiger partial charge < -0.3 is 14.8 Å². The molecule has 178 valence electrons. The predicted molar refractivity (Wildman–Crippen MR) is 119 cm³/mol. The molecule has 33 heavy (non-hydrogen) atoms. The maximum Gasteiger partial charge on any atom is 0.331 e. The SMILES string of the molecule is O=C(COC(=O)/C=C/c1ccc(S(=O)(=O)N2CCOCC2)cc1)NCCN1C(=O)CSC1=O. The monoisotopic (exact) mass is 497 g/mol. The molecule has 2 aliphatic heterocycles. The number of thioether (sulfide) groups is 1. The Morgan fingerprint density at radius 1 is 1.15 bits per heavy atom. The van der Waals surface area contributed by atoms with E-state index in [9.17, 15) is 27.6 Å². The molecule has 0 aliphatic carbocycles. The number of imide groups is 1. The third-order valence-electron chi connectivity index (χ3n) is 4.74. The fraction of sp³-hybridized carbons (Fsp3) is 0.400. The highest BCUT2D eigenvalue weighted by molar-refractivity contribution is 8.14. The number of morpholine rings is 1. The van der Waals surface area contributed by atoms with Gasteiger partial charge in [-0.3, -0.25) is 19.3 Å². The van der Waals surface area contributed by atoms with E-state index in [0.29, 0.717) is 31.9 Å². The molecule has 2 heterocycles. The number of amides is 3. The normalized spacial score (nSPS) is 17.5. The zero-order valence-corrected chi connectivity index (χ0v) is 19.2. The second-order valence-corrected chi connectivity index (χ2v) is 9.84. The molecule has 0 atom stereocenters. The summed E-state index contributed by atoms with van der Waals surface area (Å²) in [5.74, 6) is -1.52. The number of sulfonamides is 1. The summed E-state index contributed by atoms with van der Waals surface area (Å²) >= 11 is 0.910. The van der Waals surface area contributed by atoms with Crippen LogP contribution in [0.4, 0.5) is 4.79 Å². The van der Waals surface area contributed by atoms with Crippen LogP contribution in [0.25, 0.3) is 6.08 Å². The fourth-order valence-corrected chi connectivity index (χ4v) is 5.15. The van der Waals surface area contributed by atoms with E-state index in [2.05, 4.69) is 5.32 Å². The summed E-state index contributed by atoms with van der Waals surface area (Å²) in [7, 11) is -3.60. The first-order valence-electron chi connectivity index (χ1n) is 10.0.